The van der Waals surface area contributed by atoms with E-state index in [1.807, 2.05) is 0 Å². The molecule has 0 aliphatic heterocycles. The van der Waals surface area contributed by atoms with Crippen LogP contribution in [0.1, 0.15) is 0 Å². The highest BCUT2D eigenvalue weighted by molar-refractivity contribution is 6.33. The molecule has 3 amide bonds. The molecular weight excluding hydrogens is 332 g/mol. The molecule has 0 bridgehead atoms. The molecule has 132 valence electrons. The van der Waals surface area contributed by atoms with Gasteiger partial charge in [-0.2, -0.15) is 0 Å². The Morgan fingerprint density at radius 3 is 2.29 bits per heavy atom. The summed E-state index contributed by atoms with van der Waals surface area (Å²) in [4.78, 5) is 39.2. The maximum atomic E-state index is 12.1. The van der Waals surface area contributed by atoms with Gasteiger partial charge in [-0.1, -0.05) is 23.7 Å². The summed E-state index contributed by atoms with van der Waals surface area (Å²) in [5, 5.41) is 3.17. The van der Waals surface area contributed by atoms with Gasteiger partial charge in [0.1, 0.15) is 0 Å². The molecule has 0 fully saturated rings. The fraction of sp³-hybridized carbons (Fsp3) is 0.438. The zero-order chi connectivity index (χ0) is 18.3. The Morgan fingerprint density at radius 1 is 1.08 bits per heavy atom. The minimum absolute atomic E-state index is 0.0188. The lowest BCUT2D eigenvalue weighted by atomic mass is 10.3. The third-order valence-electron chi connectivity index (χ3n) is 3.36. The van der Waals surface area contributed by atoms with Crippen LogP contribution in [0.25, 0.3) is 0 Å². The zero-order valence-corrected chi connectivity index (χ0v) is 15.2. The molecule has 8 heteroatoms. The monoisotopic (exact) mass is 355 g/mol. The minimum Gasteiger partial charge on any atom is -0.347 e. The van der Waals surface area contributed by atoms with Crippen molar-refractivity contribution in [3.63, 3.8) is 0 Å². The lowest BCUT2D eigenvalue weighted by molar-refractivity contribution is -0.862. The molecule has 1 unspecified atom stereocenters. The second-order valence-electron chi connectivity index (χ2n) is 5.88. The largest absolute Gasteiger partial charge is 0.347 e. The third-order valence-corrected chi connectivity index (χ3v) is 3.69. The van der Waals surface area contributed by atoms with Crippen molar-refractivity contribution in [3.05, 3.63) is 29.3 Å². The first-order chi connectivity index (χ1) is 11.2. The number of rotatable bonds is 7. The number of benzene rings is 1. The van der Waals surface area contributed by atoms with Gasteiger partial charge in [0.15, 0.2) is 13.1 Å². The van der Waals surface area contributed by atoms with Gasteiger partial charge in [0, 0.05) is 21.1 Å². The number of amides is 3. The first kappa shape index (κ1) is 19.9. The molecule has 0 aliphatic rings. The van der Waals surface area contributed by atoms with Crippen LogP contribution in [0.4, 0.5) is 5.69 Å². The molecule has 7 nitrogen and oxygen atoms in total. The Kier molecular flexibility index (Phi) is 7.67. The van der Waals surface area contributed by atoms with Gasteiger partial charge in [0.25, 0.3) is 11.8 Å². The van der Waals surface area contributed by atoms with E-state index in [4.69, 9.17) is 11.6 Å². The number of carbonyl (C=O) groups excluding carboxylic acids is 3. The number of carbonyl (C=O) groups is 3. The lowest BCUT2D eigenvalue weighted by Gasteiger charge is -2.21. The van der Waals surface area contributed by atoms with Crippen molar-refractivity contribution in [1.29, 1.82) is 0 Å². The molecule has 1 aromatic carbocycles. The van der Waals surface area contributed by atoms with Crippen LogP contribution in [0.15, 0.2) is 24.3 Å². The van der Waals surface area contributed by atoms with Gasteiger partial charge in [-0.3, -0.25) is 14.4 Å². The van der Waals surface area contributed by atoms with Gasteiger partial charge >= 0.3 is 0 Å². The first-order valence-corrected chi connectivity index (χ1v) is 7.88. The Hall–Kier alpha value is -2.12. The SMILES string of the molecule is CN(C)C(=O)CN(C)C(=O)C[NH+](C)CC(=O)Nc1ccccc1Cl. The van der Waals surface area contributed by atoms with Crippen molar-refractivity contribution < 1.29 is 19.3 Å². The van der Waals surface area contributed by atoms with Crippen LogP contribution in [0.3, 0.4) is 0 Å². The predicted molar refractivity (Wildman–Crippen MR) is 93.0 cm³/mol. The van der Waals surface area contributed by atoms with E-state index >= 15 is 0 Å². The quantitative estimate of drug-likeness (QED) is 0.682. The van der Waals surface area contributed by atoms with Gasteiger partial charge in [-0.15, -0.1) is 0 Å². The number of nitrogens with zero attached hydrogens (tertiary/aromatic N) is 2. The Morgan fingerprint density at radius 2 is 1.71 bits per heavy atom. The van der Waals surface area contributed by atoms with Crippen molar-refractivity contribution in [2.24, 2.45) is 0 Å². The highest BCUT2D eigenvalue weighted by Gasteiger charge is 2.19. The minimum atomic E-state index is -0.236. The topological polar surface area (TPSA) is 74.2 Å². The molecule has 0 radical (unpaired) electrons. The molecule has 0 saturated carbocycles. The Bertz CT molecular complexity index is 607. The van der Waals surface area contributed by atoms with E-state index in [1.54, 1.807) is 52.5 Å². The number of nitrogens with one attached hydrogen (secondary N) is 2. The van der Waals surface area contributed by atoms with Crippen LogP contribution in [-0.4, -0.2) is 75.3 Å². The molecule has 0 spiro atoms. The number of quaternary nitrogens is 1. The van der Waals surface area contributed by atoms with Crippen molar-refractivity contribution >= 4 is 35.0 Å². The number of halogens is 1. The summed E-state index contributed by atoms with van der Waals surface area (Å²) >= 11 is 5.99. The highest BCUT2D eigenvalue weighted by atomic mass is 35.5. The predicted octanol–water partition coefficient (Wildman–Crippen LogP) is -0.660. The summed E-state index contributed by atoms with van der Waals surface area (Å²) in [6, 6.07) is 6.95. The van der Waals surface area contributed by atoms with Gasteiger partial charge in [0.05, 0.1) is 24.3 Å². The Balaban J connectivity index is 2.46. The number of hydrogen-bond acceptors (Lipinski definition) is 3. The van der Waals surface area contributed by atoms with Crippen molar-refractivity contribution in [2.45, 2.75) is 0 Å². The second-order valence-corrected chi connectivity index (χ2v) is 6.28. The molecule has 2 N–H and O–H groups in total. The molecule has 1 rings (SSSR count). The van der Waals surface area contributed by atoms with E-state index in [2.05, 4.69) is 5.32 Å². The lowest BCUT2D eigenvalue weighted by Crippen LogP contribution is -3.11. The van der Waals surface area contributed by atoms with E-state index in [0.717, 1.165) is 0 Å². The summed E-state index contributed by atoms with van der Waals surface area (Å²) in [7, 11) is 6.58. The van der Waals surface area contributed by atoms with E-state index in [1.165, 1.54) is 9.80 Å². The standard InChI is InChI=1S/C16H23ClN4O3/c1-19(2)15(23)11-21(4)16(24)10-20(3)9-14(22)18-13-8-6-5-7-12(13)17/h5-8H,9-11H2,1-4H3,(H,18,22)/p+1. The molecular formula is C16H24ClN4O3+. The second kappa shape index (κ2) is 9.24. The third kappa shape index (κ3) is 6.55. The highest BCUT2D eigenvalue weighted by Crippen LogP contribution is 2.19. The molecule has 0 heterocycles. The van der Waals surface area contributed by atoms with E-state index in [0.29, 0.717) is 15.6 Å². The van der Waals surface area contributed by atoms with Gasteiger partial charge in [-0.25, -0.2) is 0 Å². The van der Waals surface area contributed by atoms with E-state index in [-0.39, 0.29) is 37.4 Å². The Labute approximate surface area is 147 Å². The van der Waals surface area contributed by atoms with Crippen LogP contribution in [-0.2, 0) is 14.4 Å². The zero-order valence-electron chi connectivity index (χ0n) is 14.4. The fourth-order valence-corrected chi connectivity index (χ4v) is 2.10. The number of anilines is 1. The number of hydrogen-bond donors (Lipinski definition) is 2. The van der Waals surface area contributed by atoms with E-state index in [9.17, 15) is 14.4 Å². The van der Waals surface area contributed by atoms with Gasteiger partial charge in [-0.05, 0) is 12.1 Å². The maximum Gasteiger partial charge on any atom is 0.279 e. The van der Waals surface area contributed by atoms with Gasteiger partial charge < -0.3 is 20.0 Å². The normalized spacial score (nSPS) is 11.5. The van der Waals surface area contributed by atoms with E-state index < -0.39 is 0 Å². The smallest absolute Gasteiger partial charge is 0.279 e. The van der Waals surface area contributed by atoms with Crippen molar-refractivity contribution in [2.75, 3.05) is 53.1 Å². The maximum absolute atomic E-state index is 12.1. The molecule has 1 atom stereocenters. The number of likely N-dealkylation sites (N-methyl/N-ethyl adjacent to an activating group) is 3. The van der Waals surface area contributed by atoms with Gasteiger partial charge in [0.2, 0.25) is 5.91 Å². The first-order valence-electron chi connectivity index (χ1n) is 7.50. The molecule has 0 saturated heterocycles. The molecule has 24 heavy (non-hydrogen) atoms. The summed E-state index contributed by atoms with van der Waals surface area (Å²) in [5.41, 5.74) is 0.539. The summed E-state index contributed by atoms with van der Waals surface area (Å²) in [5.74, 6) is -0.589. The molecule has 0 aliphatic carbocycles. The van der Waals surface area contributed by atoms with Crippen molar-refractivity contribution in [1.82, 2.24) is 9.80 Å². The summed E-state index contributed by atoms with van der Waals surface area (Å²) < 4.78 is 0. The van der Waals surface area contributed by atoms with Crippen LogP contribution >= 0.6 is 11.6 Å². The van der Waals surface area contributed by atoms with Crippen LogP contribution in [0, 0.1) is 0 Å². The van der Waals surface area contributed by atoms with Crippen LogP contribution < -0.4 is 10.2 Å². The fourth-order valence-electron chi connectivity index (χ4n) is 1.92. The average molecular weight is 356 g/mol. The van der Waals surface area contributed by atoms with Crippen molar-refractivity contribution in [3.8, 4) is 0 Å². The molecule has 1 aromatic rings. The number of para-hydroxylation sites is 1. The molecule has 0 aromatic heterocycles. The average Bonchev–Trinajstić information content (AvgIpc) is 2.48. The summed E-state index contributed by atoms with van der Waals surface area (Å²) in [6.07, 6.45) is 0. The van der Waals surface area contributed by atoms with Crippen LogP contribution in [0.5, 0.6) is 0 Å². The van der Waals surface area contributed by atoms with Crippen LogP contribution in [0.2, 0.25) is 5.02 Å². The summed E-state index contributed by atoms with van der Waals surface area (Å²) in [6.45, 7) is 0.254.